The van der Waals surface area contributed by atoms with E-state index >= 15 is 0 Å². The second-order valence-electron chi connectivity index (χ2n) is 6.64. The first-order valence-electron chi connectivity index (χ1n) is 8.82. The van der Waals surface area contributed by atoms with Crippen LogP contribution in [-0.4, -0.2) is 54.6 Å². The molecule has 2 heterocycles. The third kappa shape index (κ3) is 4.77. The zero-order valence-corrected chi connectivity index (χ0v) is 15.0. The minimum Gasteiger partial charge on any atom is -0.494 e. The van der Waals surface area contributed by atoms with Crippen LogP contribution < -0.4 is 4.74 Å². The highest BCUT2D eigenvalue weighted by Crippen LogP contribution is 2.19. The lowest BCUT2D eigenvalue weighted by Crippen LogP contribution is -2.46. The van der Waals surface area contributed by atoms with Crippen LogP contribution in [0.3, 0.4) is 0 Å². The molecule has 1 aliphatic heterocycles. The van der Waals surface area contributed by atoms with Crippen LogP contribution in [0.15, 0.2) is 36.7 Å². The molecule has 25 heavy (non-hydrogen) atoms. The molecule has 0 N–H and O–H groups in total. The maximum atomic E-state index is 13.8. The zero-order chi connectivity index (χ0) is 17.6. The lowest BCUT2D eigenvalue weighted by molar-refractivity contribution is 0.128. The van der Waals surface area contributed by atoms with Crippen LogP contribution in [0.25, 0.3) is 0 Å². The predicted molar refractivity (Wildman–Crippen MR) is 97.3 cm³/mol. The summed E-state index contributed by atoms with van der Waals surface area (Å²) in [5, 5.41) is 0. The van der Waals surface area contributed by atoms with E-state index in [0.29, 0.717) is 5.75 Å². The standard InChI is InChI=1S/C20H26FN3O/c1-16-14-22-7-5-18(16)6-8-23-9-11-24(12-10-23)15-17-3-4-20(25-2)19(21)13-17/h3-5,7,13-14H,6,8-12,15H2,1-2H3. The average Bonchev–Trinajstić information content (AvgIpc) is 2.62. The molecule has 3 rings (SSSR count). The summed E-state index contributed by atoms with van der Waals surface area (Å²) in [6, 6.07) is 7.35. The second-order valence-corrected chi connectivity index (χ2v) is 6.64. The van der Waals surface area contributed by atoms with Gasteiger partial charge in [0.15, 0.2) is 11.6 Å². The number of piperazine rings is 1. The minimum absolute atomic E-state index is 0.286. The molecular formula is C20H26FN3O. The first kappa shape index (κ1) is 17.8. The van der Waals surface area contributed by atoms with Crippen molar-refractivity contribution in [3.8, 4) is 5.75 Å². The minimum atomic E-state index is -0.286. The third-order valence-electron chi connectivity index (χ3n) is 4.92. The topological polar surface area (TPSA) is 28.6 Å². The molecule has 5 heteroatoms. The molecule has 4 nitrogen and oxygen atoms in total. The smallest absolute Gasteiger partial charge is 0.165 e. The van der Waals surface area contributed by atoms with Crippen LogP contribution in [0.1, 0.15) is 16.7 Å². The number of methoxy groups -OCH3 is 1. The van der Waals surface area contributed by atoms with Crippen LogP contribution in [0, 0.1) is 12.7 Å². The Balaban J connectivity index is 1.45. The van der Waals surface area contributed by atoms with Gasteiger partial charge < -0.3 is 9.64 Å². The molecule has 1 aromatic carbocycles. The number of benzene rings is 1. The number of nitrogens with zero attached hydrogens (tertiary/aromatic N) is 3. The normalized spacial score (nSPS) is 16.1. The highest BCUT2D eigenvalue weighted by molar-refractivity contribution is 5.29. The number of hydrogen-bond acceptors (Lipinski definition) is 4. The summed E-state index contributed by atoms with van der Waals surface area (Å²) in [5.41, 5.74) is 3.65. The van der Waals surface area contributed by atoms with Crippen LogP contribution in [0.5, 0.6) is 5.75 Å². The van der Waals surface area contributed by atoms with E-state index in [1.807, 2.05) is 18.5 Å². The lowest BCUT2D eigenvalue weighted by atomic mass is 10.1. The number of pyridine rings is 1. The summed E-state index contributed by atoms with van der Waals surface area (Å²) in [7, 11) is 1.49. The van der Waals surface area contributed by atoms with Gasteiger partial charge in [-0.15, -0.1) is 0 Å². The summed E-state index contributed by atoms with van der Waals surface area (Å²) < 4.78 is 18.8. The van der Waals surface area contributed by atoms with E-state index in [2.05, 4.69) is 27.8 Å². The Morgan fingerprint density at radius 2 is 1.88 bits per heavy atom. The molecule has 1 fully saturated rings. The zero-order valence-electron chi connectivity index (χ0n) is 15.0. The molecular weight excluding hydrogens is 317 g/mol. The van der Waals surface area contributed by atoms with E-state index in [0.717, 1.165) is 51.3 Å². The van der Waals surface area contributed by atoms with Crippen LogP contribution in [0.4, 0.5) is 4.39 Å². The quantitative estimate of drug-likeness (QED) is 0.806. The lowest BCUT2D eigenvalue weighted by Gasteiger charge is -2.34. The Bertz CT molecular complexity index is 699. The molecule has 0 unspecified atom stereocenters. The number of ether oxygens (including phenoxy) is 1. The van der Waals surface area contributed by atoms with Crippen molar-refractivity contribution in [2.45, 2.75) is 19.9 Å². The Labute approximate surface area is 149 Å². The summed E-state index contributed by atoms with van der Waals surface area (Å²) in [6.07, 6.45) is 4.87. The fourth-order valence-electron chi connectivity index (χ4n) is 3.30. The van der Waals surface area contributed by atoms with Gasteiger partial charge in [-0.25, -0.2) is 4.39 Å². The van der Waals surface area contributed by atoms with Gasteiger partial charge in [-0.05, 0) is 48.2 Å². The molecule has 134 valence electrons. The molecule has 1 aromatic heterocycles. The van der Waals surface area contributed by atoms with E-state index in [1.165, 1.54) is 18.2 Å². The summed E-state index contributed by atoms with van der Waals surface area (Å²) in [6.45, 7) is 8.14. The highest BCUT2D eigenvalue weighted by atomic mass is 19.1. The SMILES string of the molecule is COc1ccc(CN2CCN(CCc3ccncc3C)CC2)cc1F. The maximum absolute atomic E-state index is 13.8. The van der Waals surface area contributed by atoms with Crippen molar-refractivity contribution in [3.05, 3.63) is 59.2 Å². The van der Waals surface area contributed by atoms with E-state index < -0.39 is 0 Å². The van der Waals surface area contributed by atoms with Gasteiger partial charge in [0.2, 0.25) is 0 Å². The maximum Gasteiger partial charge on any atom is 0.165 e. The monoisotopic (exact) mass is 343 g/mol. The summed E-state index contributed by atoms with van der Waals surface area (Å²) in [5.74, 6) is 0.0198. The number of rotatable bonds is 6. The fraction of sp³-hybridized carbons (Fsp3) is 0.450. The molecule has 1 saturated heterocycles. The van der Waals surface area contributed by atoms with E-state index in [9.17, 15) is 4.39 Å². The van der Waals surface area contributed by atoms with E-state index in [1.54, 1.807) is 12.1 Å². The van der Waals surface area contributed by atoms with Gasteiger partial charge in [0, 0.05) is 51.7 Å². The van der Waals surface area contributed by atoms with Gasteiger partial charge in [0.25, 0.3) is 0 Å². The Morgan fingerprint density at radius 3 is 2.56 bits per heavy atom. The number of halogens is 1. The van der Waals surface area contributed by atoms with Crippen molar-refractivity contribution in [1.29, 1.82) is 0 Å². The summed E-state index contributed by atoms with van der Waals surface area (Å²) in [4.78, 5) is 9.04. The second kappa shape index (κ2) is 8.41. The van der Waals surface area contributed by atoms with Crippen molar-refractivity contribution >= 4 is 0 Å². The Hall–Kier alpha value is -1.98. The molecule has 0 spiro atoms. The molecule has 0 atom stereocenters. The highest BCUT2D eigenvalue weighted by Gasteiger charge is 2.17. The van der Waals surface area contributed by atoms with Crippen molar-refractivity contribution < 1.29 is 9.13 Å². The van der Waals surface area contributed by atoms with Crippen molar-refractivity contribution in [1.82, 2.24) is 14.8 Å². The predicted octanol–water partition coefficient (Wildman–Crippen LogP) is 2.90. The van der Waals surface area contributed by atoms with Crippen LogP contribution in [0.2, 0.25) is 0 Å². The molecule has 0 bridgehead atoms. The summed E-state index contributed by atoms with van der Waals surface area (Å²) >= 11 is 0. The van der Waals surface area contributed by atoms with Crippen LogP contribution in [-0.2, 0) is 13.0 Å². The van der Waals surface area contributed by atoms with Crippen LogP contribution >= 0.6 is 0 Å². The third-order valence-corrected chi connectivity index (χ3v) is 4.92. The number of aromatic nitrogens is 1. The van der Waals surface area contributed by atoms with Gasteiger partial charge in [0.1, 0.15) is 0 Å². The van der Waals surface area contributed by atoms with Gasteiger partial charge >= 0.3 is 0 Å². The van der Waals surface area contributed by atoms with E-state index in [-0.39, 0.29) is 5.82 Å². The van der Waals surface area contributed by atoms with Gasteiger partial charge in [-0.1, -0.05) is 6.07 Å². The van der Waals surface area contributed by atoms with Gasteiger partial charge in [-0.2, -0.15) is 0 Å². The van der Waals surface area contributed by atoms with Gasteiger partial charge in [-0.3, -0.25) is 9.88 Å². The van der Waals surface area contributed by atoms with Crippen molar-refractivity contribution in [2.24, 2.45) is 0 Å². The average molecular weight is 343 g/mol. The number of hydrogen-bond donors (Lipinski definition) is 0. The van der Waals surface area contributed by atoms with Crippen molar-refractivity contribution in [3.63, 3.8) is 0 Å². The number of aryl methyl sites for hydroxylation is 1. The first-order valence-corrected chi connectivity index (χ1v) is 8.82. The Morgan fingerprint density at radius 1 is 1.12 bits per heavy atom. The molecule has 0 amide bonds. The largest absolute Gasteiger partial charge is 0.494 e. The first-order chi connectivity index (χ1) is 12.2. The fourth-order valence-corrected chi connectivity index (χ4v) is 3.30. The molecule has 2 aromatic rings. The van der Waals surface area contributed by atoms with E-state index in [4.69, 9.17) is 4.74 Å². The molecule has 0 aliphatic carbocycles. The molecule has 0 saturated carbocycles. The van der Waals surface area contributed by atoms with Crippen molar-refractivity contribution in [2.75, 3.05) is 39.8 Å². The van der Waals surface area contributed by atoms with Gasteiger partial charge in [0.05, 0.1) is 7.11 Å². The molecule has 0 radical (unpaired) electrons. The Kier molecular flexibility index (Phi) is 6.00. The molecule has 1 aliphatic rings.